The van der Waals surface area contributed by atoms with Crippen LogP contribution in [0.3, 0.4) is 0 Å². The molecule has 2 heteroatoms. The summed E-state index contributed by atoms with van der Waals surface area (Å²) in [4.78, 5) is 0. The lowest BCUT2D eigenvalue weighted by atomic mass is 9.98. The smallest absolute Gasteiger partial charge is 0.0617 e. The Labute approximate surface area is 77.7 Å². The Morgan fingerprint density at radius 2 is 1.67 bits per heavy atom. The SMILES string of the molecule is CCP(CC)OC1CCCCC1. The summed E-state index contributed by atoms with van der Waals surface area (Å²) in [5.41, 5.74) is 0. The molecule has 0 spiro atoms. The van der Waals surface area contributed by atoms with E-state index in [1.54, 1.807) is 0 Å². The lowest BCUT2D eigenvalue weighted by Crippen LogP contribution is -2.14. The number of hydrogen-bond acceptors (Lipinski definition) is 1. The molecule has 0 atom stereocenters. The molecule has 0 heterocycles. The van der Waals surface area contributed by atoms with Crippen LogP contribution in [-0.2, 0) is 4.52 Å². The first-order valence-electron chi connectivity index (χ1n) is 5.28. The third-order valence-electron chi connectivity index (χ3n) is 2.56. The molecule has 1 aliphatic rings. The van der Waals surface area contributed by atoms with E-state index in [0.29, 0.717) is 6.10 Å². The maximum absolute atomic E-state index is 6.05. The molecule has 0 aromatic carbocycles. The fourth-order valence-electron chi connectivity index (χ4n) is 1.75. The molecule has 0 amide bonds. The minimum atomic E-state index is -0.0791. The Hall–Kier alpha value is 0.390. The van der Waals surface area contributed by atoms with E-state index in [1.807, 2.05) is 0 Å². The summed E-state index contributed by atoms with van der Waals surface area (Å²) < 4.78 is 6.05. The molecule has 0 saturated heterocycles. The molecule has 1 fully saturated rings. The van der Waals surface area contributed by atoms with E-state index in [1.165, 1.54) is 44.4 Å². The van der Waals surface area contributed by atoms with Crippen LogP contribution in [0, 0.1) is 0 Å². The molecule has 1 aliphatic carbocycles. The second-order valence-corrected chi connectivity index (χ2v) is 5.92. The van der Waals surface area contributed by atoms with Gasteiger partial charge in [0.15, 0.2) is 0 Å². The third kappa shape index (κ3) is 3.41. The molecule has 1 saturated carbocycles. The van der Waals surface area contributed by atoms with Gasteiger partial charge in [0.05, 0.1) is 6.10 Å². The molecule has 0 aliphatic heterocycles. The number of hydrogen-bond donors (Lipinski definition) is 0. The fourth-order valence-corrected chi connectivity index (χ4v) is 3.13. The van der Waals surface area contributed by atoms with Crippen LogP contribution in [0.2, 0.25) is 0 Å². The largest absolute Gasteiger partial charge is 0.356 e. The molecule has 0 aromatic heterocycles. The Kier molecular flexibility index (Phi) is 5.18. The van der Waals surface area contributed by atoms with Gasteiger partial charge in [-0.3, -0.25) is 0 Å². The summed E-state index contributed by atoms with van der Waals surface area (Å²) >= 11 is 0. The standard InChI is InChI=1S/C10H21OP/c1-3-12(4-2)11-10-8-6-5-7-9-10/h10H,3-9H2,1-2H3. The quantitative estimate of drug-likeness (QED) is 0.610. The van der Waals surface area contributed by atoms with Crippen molar-refractivity contribution in [2.75, 3.05) is 12.3 Å². The van der Waals surface area contributed by atoms with Crippen molar-refractivity contribution >= 4 is 8.15 Å². The molecule has 1 nitrogen and oxygen atoms in total. The van der Waals surface area contributed by atoms with Gasteiger partial charge < -0.3 is 4.52 Å². The Morgan fingerprint density at radius 3 is 2.17 bits per heavy atom. The highest BCUT2D eigenvalue weighted by atomic mass is 31.1. The highest BCUT2D eigenvalue weighted by molar-refractivity contribution is 7.52. The monoisotopic (exact) mass is 188 g/mol. The van der Waals surface area contributed by atoms with Gasteiger partial charge in [0.25, 0.3) is 0 Å². The minimum Gasteiger partial charge on any atom is -0.356 e. The lowest BCUT2D eigenvalue weighted by Gasteiger charge is -2.26. The van der Waals surface area contributed by atoms with Crippen LogP contribution >= 0.6 is 8.15 Å². The van der Waals surface area contributed by atoms with Crippen molar-refractivity contribution in [2.45, 2.75) is 52.1 Å². The first-order valence-corrected chi connectivity index (χ1v) is 6.91. The van der Waals surface area contributed by atoms with Gasteiger partial charge in [-0.2, -0.15) is 0 Å². The van der Waals surface area contributed by atoms with E-state index < -0.39 is 0 Å². The van der Waals surface area contributed by atoms with Gasteiger partial charge in [0, 0.05) is 8.15 Å². The van der Waals surface area contributed by atoms with Gasteiger partial charge in [0.1, 0.15) is 0 Å². The van der Waals surface area contributed by atoms with E-state index in [2.05, 4.69) is 13.8 Å². The first-order chi connectivity index (χ1) is 5.86. The molecule has 1 rings (SSSR count). The van der Waals surface area contributed by atoms with E-state index in [4.69, 9.17) is 4.52 Å². The lowest BCUT2D eigenvalue weighted by molar-refractivity contribution is 0.173. The van der Waals surface area contributed by atoms with Crippen LogP contribution in [0.1, 0.15) is 46.0 Å². The van der Waals surface area contributed by atoms with Gasteiger partial charge >= 0.3 is 0 Å². The average molecular weight is 188 g/mol. The van der Waals surface area contributed by atoms with E-state index >= 15 is 0 Å². The molecule has 0 N–H and O–H groups in total. The summed E-state index contributed by atoms with van der Waals surface area (Å²) in [7, 11) is -0.0791. The predicted octanol–water partition coefficient (Wildman–Crippen LogP) is 3.77. The highest BCUT2D eigenvalue weighted by Crippen LogP contribution is 2.40. The van der Waals surface area contributed by atoms with Gasteiger partial charge in [-0.15, -0.1) is 0 Å². The van der Waals surface area contributed by atoms with Crippen LogP contribution in [0.25, 0.3) is 0 Å². The van der Waals surface area contributed by atoms with E-state index in [9.17, 15) is 0 Å². The Balaban J connectivity index is 2.18. The molecule has 72 valence electrons. The van der Waals surface area contributed by atoms with Crippen molar-refractivity contribution in [1.82, 2.24) is 0 Å². The zero-order chi connectivity index (χ0) is 8.81. The van der Waals surface area contributed by atoms with E-state index in [0.717, 1.165) is 0 Å². The molecule has 12 heavy (non-hydrogen) atoms. The van der Waals surface area contributed by atoms with Gasteiger partial charge in [-0.1, -0.05) is 33.1 Å². The first kappa shape index (κ1) is 10.5. The van der Waals surface area contributed by atoms with Crippen LogP contribution in [0.5, 0.6) is 0 Å². The maximum atomic E-state index is 6.05. The van der Waals surface area contributed by atoms with E-state index in [-0.39, 0.29) is 8.15 Å². The molecular weight excluding hydrogens is 167 g/mol. The molecular formula is C10H21OP. The summed E-state index contributed by atoms with van der Waals surface area (Å²) in [5, 5.41) is 0. The fraction of sp³-hybridized carbons (Fsp3) is 1.00. The van der Waals surface area contributed by atoms with Crippen LogP contribution in [0.15, 0.2) is 0 Å². The zero-order valence-electron chi connectivity index (χ0n) is 8.38. The Morgan fingerprint density at radius 1 is 1.08 bits per heavy atom. The van der Waals surface area contributed by atoms with Crippen molar-refractivity contribution in [2.24, 2.45) is 0 Å². The van der Waals surface area contributed by atoms with Crippen molar-refractivity contribution < 1.29 is 4.52 Å². The normalized spacial score (nSPS) is 20.2. The van der Waals surface area contributed by atoms with Crippen LogP contribution in [-0.4, -0.2) is 18.4 Å². The summed E-state index contributed by atoms with van der Waals surface area (Å²) in [6, 6.07) is 0. The second kappa shape index (κ2) is 5.94. The molecule has 0 aromatic rings. The average Bonchev–Trinajstić information content (AvgIpc) is 2.16. The predicted molar refractivity (Wildman–Crippen MR) is 56.0 cm³/mol. The number of rotatable bonds is 4. The van der Waals surface area contributed by atoms with Gasteiger partial charge in [0.2, 0.25) is 0 Å². The summed E-state index contributed by atoms with van der Waals surface area (Å²) in [6.07, 6.45) is 9.94. The Bertz CT molecular complexity index is 106. The van der Waals surface area contributed by atoms with Crippen molar-refractivity contribution in [3.8, 4) is 0 Å². The minimum absolute atomic E-state index is 0.0791. The third-order valence-corrected chi connectivity index (χ3v) is 4.56. The summed E-state index contributed by atoms with van der Waals surface area (Å²) in [6.45, 7) is 4.50. The second-order valence-electron chi connectivity index (χ2n) is 3.48. The molecule has 0 radical (unpaired) electrons. The topological polar surface area (TPSA) is 9.23 Å². The van der Waals surface area contributed by atoms with Crippen LogP contribution in [0.4, 0.5) is 0 Å². The van der Waals surface area contributed by atoms with Gasteiger partial charge in [-0.25, -0.2) is 0 Å². The van der Waals surface area contributed by atoms with Crippen molar-refractivity contribution in [3.63, 3.8) is 0 Å². The van der Waals surface area contributed by atoms with Crippen molar-refractivity contribution in [1.29, 1.82) is 0 Å². The zero-order valence-corrected chi connectivity index (χ0v) is 9.28. The molecule has 0 unspecified atom stereocenters. The van der Waals surface area contributed by atoms with Crippen LogP contribution < -0.4 is 0 Å². The van der Waals surface area contributed by atoms with Crippen molar-refractivity contribution in [3.05, 3.63) is 0 Å². The van der Waals surface area contributed by atoms with Gasteiger partial charge in [-0.05, 0) is 25.2 Å². The highest BCUT2D eigenvalue weighted by Gasteiger charge is 2.16. The molecule has 0 bridgehead atoms. The summed E-state index contributed by atoms with van der Waals surface area (Å²) in [5.74, 6) is 0. The maximum Gasteiger partial charge on any atom is 0.0617 e.